The van der Waals surface area contributed by atoms with E-state index in [1.807, 2.05) is 0 Å². The summed E-state index contributed by atoms with van der Waals surface area (Å²) in [4.78, 5) is 0. The van der Waals surface area contributed by atoms with Crippen LogP contribution in [0.25, 0.3) is 71.6 Å². The standard InChI is InChI=1S/C40H25NO/c1-2-12-29(13-3-1)41-36-18-7-6-16-32(36)33-22-20-28(25-37(33)41)31-15-5-4-14-30(31)27-21-23-38-35(24-27)34-17-8-10-26-11-9-19-39(42-38)40(26)34/h1-25H. The Morgan fingerprint density at radius 1 is 0.405 bits per heavy atom. The zero-order valence-electron chi connectivity index (χ0n) is 22.8. The second-order valence-electron chi connectivity index (χ2n) is 10.9. The van der Waals surface area contributed by atoms with Crippen molar-refractivity contribution in [3.63, 3.8) is 0 Å². The summed E-state index contributed by atoms with van der Waals surface area (Å²) in [7, 11) is 0. The predicted molar refractivity (Wildman–Crippen MR) is 175 cm³/mol. The van der Waals surface area contributed by atoms with Crippen LogP contribution in [0.2, 0.25) is 0 Å². The summed E-state index contributed by atoms with van der Waals surface area (Å²) in [5, 5.41) is 4.90. The van der Waals surface area contributed by atoms with Gasteiger partial charge >= 0.3 is 0 Å². The number of rotatable bonds is 3. The minimum Gasteiger partial charge on any atom is -0.456 e. The van der Waals surface area contributed by atoms with Crippen molar-refractivity contribution in [3.05, 3.63) is 152 Å². The van der Waals surface area contributed by atoms with E-state index in [0.717, 1.165) is 17.1 Å². The van der Waals surface area contributed by atoms with E-state index in [0.29, 0.717) is 0 Å². The predicted octanol–water partition coefficient (Wildman–Crippen LogP) is 11.0. The maximum atomic E-state index is 6.38. The van der Waals surface area contributed by atoms with Crippen LogP contribution in [0.4, 0.5) is 0 Å². The van der Waals surface area contributed by atoms with E-state index in [4.69, 9.17) is 4.74 Å². The molecule has 2 heterocycles. The highest BCUT2D eigenvalue weighted by Gasteiger charge is 2.21. The lowest BCUT2D eigenvalue weighted by Gasteiger charge is -2.22. The van der Waals surface area contributed by atoms with Gasteiger partial charge < -0.3 is 9.30 Å². The van der Waals surface area contributed by atoms with E-state index in [-0.39, 0.29) is 0 Å². The van der Waals surface area contributed by atoms with Crippen LogP contribution in [0.1, 0.15) is 0 Å². The number of aromatic nitrogens is 1. The van der Waals surface area contributed by atoms with Crippen molar-refractivity contribution in [1.29, 1.82) is 0 Å². The lowest BCUT2D eigenvalue weighted by molar-refractivity contribution is 0.487. The topological polar surface area (TPSA) is 14.2 Å². The average Bonchev–Trinajstić information content (AvgIpc) is 3.39. The van der Waals surface area contributed by atoms with Gasteiger partial charge in [0.05, 0.1) is 11.0 Å². The maximum Gasteiger partial charge on any atom is 0.135 e. The molecular formula is C40H25NO. The van der Waals surface area contributed by atoms with Crippen molar-refractivity contribution in [2.24, 2.45) is 0 Å². The van der Waals surface area contributed by atoms with Gasteiger partial charge in [0.1, 0.15) is 11.5 Å². The number of ether oxygens (including phenoxy) is 1. The molecule has 0 spiro atoms. The molecule has 9 rings (SSSR count). The second kappa shape index (κ2) is 8.95. The third-order valence-corrected chi connectivity index (χ3v) is 8.59. The summed E-state index contributed by atoms with van der Waals surface area (Å²) in [5.41, 5.74) is 10.7. The van der Waals surface area contributed by atoms with Gasteiger partial charge in [0.15, 0.2) is 0 Å². The summed E-state index contributed by atoms with van der Waals surface area (Å²) in [6.45, 7) is 0. The molecule has 0 amide bonds. The van der Waals surface area contributed by atoms with Gasteiger partial charge in [0, 0.05) is 27.4 Å². The number of benzene rings is 7. The van der Waals surface area contributed by atoms with E-state index in [1.165, 1.54) is 66.1 Å². The molecule has 1 aliphatic heterocycles. The van der Waals surface area contributed by atoms with Crippen LogP contribution < -0.4 is 4.74 Å². The van der Waals surface area contributed by atoms with Gasteiger partial charge in [-0.25, -0.2) is 0 Å². The maximum absolute atomic E-state index is 6.38. The summed E-state index contributed by atoms with van der Waals surface area (Å²) < 4.78 is 8.76. The fraction of sp³-hybridized carbons (Fsp3) is 0. The first kappa shape index (κ1) is 23.1. The molecular weight excluding hydrogens is 510 g/mol. The van der Waals surface area contributed by atoms with Gasteiger partial charge in [-0.05, 0) is 75.7 Å². The molecule has 1 aromatic heterocycles. The Balaban J connectivity index is 1.24. The SMILES string of the molecule is c1ccc(-n2c3ccccc3c3ccc(-c4ccccc4-c4ccc5c(c4)-c4cccc6cccc(c46)O5)cc32)cc1. The highest BCUT2D eigenvalue weighted by Crippen LogP contribution is 2.48. The van der Waals surface area contributed by atoms with Crippen LogP contribution in [0.15, 0.2) is 152 Å². The molecule has 1 aliphatic rings. The summed E-state index contributed by atoms with van der Waals surface area (Å²) in [5.74, 6) is 1.82. The van der Waals surface area contributed by atoms with E-state index in [2.05, 4.69) is 156 Å². The third-order valence-electron chi connectivity index (χ3n) is 8.59. The lowest BCUT2D eigenvalue weighted by Crippen LogP contribution is -1.97. The highest BCUT2D eigenvalue weighted by atomic mass is 16.5. The summed E-state index contributed by atoms with van der Waals surface area (Å²) >= 11 is 0. The van der Waals surface area contributed by atoms with Crippen LogP contribution in [-0.4, -0.2) is 4.57 Å². The molecule has 0 saturated heterocycles. The van der Waals surface area contributed by atoms with Crippen LogP contribution in [-0.2, 0) is 0 Å². The van der Waals surface area contributed by atoms with E-state index in [1.54, 1.807) is 0 Å². The molecule has 0 radical (unpaired) electrons. The molecule has 0 fully saturated rings. The van der Waals surface area contributed by atoms with Crippen LogP contribution in [0.5, 0.6) is 11.5 Å². The third kappa shape index (κ3) is 3.39. The molecule has 2 heteroatoms. The van der Waals surface area contributed by atoms with Gasteiger partial charge in [-0.3, -0.25) is 0 Å². The fourth-order valence-electron chi connectivity index (χ4n) is 6.71. The molecule has 7 aromatic carbocycles. The van der Waals surface area contributed by atoms with Gasteiger partial charge in [0.25, 0.3) is 0 Å². The summed E-state index contributed by atoms with van der Waals surface area (Å²) in [6, 6.07) is 54.3. The Kier molecular flexibility index (Phi) is 4.93. The van der Waals surface area contributed by atoms with Crippen molar-refractivity contribution in [3.8, 4) is 50.6 Å². The number of para-hydroxylation sites is 2. The van der Waals surface area contributed by atoms with Crippen LogP contribution in [0, 0.1) is 0 Å². The van der Waals surface area contributed by atoms with E-state index < -0.39 is 0 Å². The van der Waals surface area contributed by atoms with Crippen molar-refractivity contribution in [1.82, 2.24) is 4.57 Å². The molecule has 0 N–H and O–H groups in total. The molecule has 0 aliphatic carbocycles. The van der Waals surface area contributed by atoms with Crippen LogP contribution in [0.3, 0.4) is 0 Å². The van der Waals surface area contributed by atoms with E-state index >= 15 is 0 Å². The van der Waals surface area contributed by atoms with E-state index in [9.17, 15) is 0 Å². The smallest absolute Gasteiger partial charge is 0.135 e. The fourth-order valence-corrected chi connectivity index (χ4v) is 6.71. The number of hydrogen-bond acceptors (Lipinski definition) is 1. The highest BCUT2D eigenvalue weighted by molar-refractivity contribution is 6.10. The molecule has 0 unspecified atom stereocenters. The second-order valence-corrected chi connectivity index (χ2v) is 10.9. The zero-order valence-corrected chi connectivity index (χ0v) is 22.8. The monoisotopic (exact) mass is 535 g/mol. The van der Waals surface area contributed by atoms with Crippen molar-refractivity contribution >= 4 is 32.6 Å². The largest absolute Gasteiger partial charge is 0.456 e. The van der Waals surface area contributed by atoms with Crippen molar-refractivity contribution < 1.29 is 4.74 Å². The van der Waals surface area contributed by atoms with Crippen molar-refractivity contribution in [2.45, 2.75) is 0 Å². The van der Waals surface area contributed by atoms with Gasteiger partial charge in [-0.15, -0.1) is 0 Å². The van der Waals surface area contributed by atoms with Crippen molar-refractivity contribution in [2.75, 3.05) is 0 Å². The molecule has 42 heavy (non-hydrogen) atoms. The first-order valence-electron chi connectivity index (χ1n) is 14.4. The van der Waals surface area contributed by atoms with Crippen LogP contribution >= 0.6 is 0 Å². The lowest BCUT2D eigenvalue weighted by atomic mass is 9.89. The Bertz CT molecular complexity index is 2320. The Morgan fingerprint density at radius 3 is 1.93 bits per heavy atom. The summed E-state index contributed by atoms with van der Waals surface area (Å²) in [6.07, 6.45) is 0. The quantitative estimate of drug-likeness (QED) is 0.219. The molecule has 0 bridgehead atoms. The van der Waals surface area contributed by atoms with Gasteiger partial charge in [0.2, 0.25) is 0 Å². The number of fused-ring (bicyclic) bond motifs is 5. The minimum absolute atomic E-state index is 0.899. The first-order chi connectivity index (χ1) is 20.8. The van der Waals surface area contributed by atoms with Gasteiger partial charge in [-0.1, -0.05) is 109 Å². The van der Waals surface area contributed by atoms with Gasteiger partial charge in [-0.2, -0.15) is 0 Å². The number of nitrogens with zero attached hydrogens (tertiary/aromatic N) is 1. The molecule has 196 valence electrons. The normalized spacial score (nSPS) is 12.0. The first-order valence-corrected chi connectivity index (χ1v) is 14.4. The zero-order chi connectivity index (χ0) is 27.6. The Morgan fingerprint density at radius 2 is 1.07 bits per heavy atom. The molecule has 2 nitrogen and oxygen atoms in total. The minimum atomic E-state index is 0.899. The Hall–Kier alpha value is -5.60. The Labute approximate surface area is 243 Å². The average molecular weight is 536 g/mol. The number of hydrogen-bond donors (Lipinski definition) is 0. The molecule has 0 saturated carbocycles. The molecule has 8 aromatic rings. The molecule has 0 atom stereocenters.